The number of rotatable bonds is 5. The SMILES string of the molecule is O=C1ON=C(c2ccccc2)/C1=C/c1cc(Br)c(OS(=O)(=O)c2ccccc2)c(Br)c1. The average molecular weight is 563 g/mol. The first-order valence-electron chi connectivity index (χ1n) is 8.90. The molecule has 6 nitrogen and oxygen atoms in total. The molecule has 0 saturated heterocycles. The van der Waals surface area contributed by atoms with E-state index in [1.165, 1.54) is 12.1 Å². The van der Waals surface area contributed by atoms with Crippen molar-refractivity contribution in [2.45, 2.75) is 4.90 Å². The molecule has 156 valence electrons. The molecule has 0 saturated carbocycles. The zero-order valence-electron chi connectivity index (χ0n) is 15.7. The van der Waals surface area contributed by atoms with E-state index in [1.807, 2.05) is 30.3 Å². The number of carbonyl (C=O) groups excluding carboxylic acids is 1. The average Bonchev–Trinajstić information content (AvgIpc) is 3.12. The molecule has 9 heteroatoms. The van der Waals surface area contributed by atoms with Gasteiger partial charge in [-0.15, -0.1) is 0 Å². The lowest BCUT2D eigenvalue weighted by atomic mass is 10.0. The van der Waals surface area contributed by atoms with Gasteiger partial charge in [-0.25, -0.2) is 4.79 Å². The van der Waals surface area contributed by atoms with E-state index in [4.69, 9.17) is 9.02 Å². The lowest BCUT2D eigenvalue weighted by molar-refractivity contribution is -0.136. The Hall–Kier alpha value is -2.75. The lowest BCUT2D eigenvalue weighted by Crippen LogP contribution is -2.10. The summed E-state index contributed by atoms with van der Waals surface area (Å²) >= 11 is 6.71. The van der Waals surface area contributed by atoms with E-state index in [9.17, 15) is 13.2 Å². The standard InChI is InChI=1S/C22H13Br2NO5S/c23-18-12-14(11-17-20(25-29-22(17)26)15-7-3-1-4-8-15)13-19(24)21(18)30-31(27,28)16-9-5-2-6-10-16/h1-13H/b17-11-. The van der Waals surface area contributed by atoms with Crippen LogP contribution in [0.2, 0.25) is 0 Å². The molecule has 0 atom stereocenters. The van der Waals surface area contributed by atoms with Crippen molar-refractivity contribution < 1.29 is 22.2 Å². The summed E-state index contributed by atoms with van der Waals surface area (Å²) in [5, 5.41) is 3.88. The molecular weight excluding hydrogens is 550 g/mol. The Morgan fingerprint density at radius 2 is 1.48 bits per heavy atom. The third kappa shape index (κ3) is 4.63. The molecule has 1 aliphatic rings. The molecule has 3 aromatic carbocycles. The van der Waals surface area contributed by atoms with E-state index in [2.05, 4.69) is 37.0 Å². The minimum atomic E-state index is -4.02. The van der Waals surface area contributed by atoms with Crippen LogP contribution in [0.1, 0.15) is 11.1 Å². The molecule has 0 aromatic heterocycles. The van der Waals surface area contributed by atoms with Gasteiger partial charge in [-0.1, -0.05) is 53.7 Å². The fourth-order valence-corrected chi connectivity index (χ4v) is 5.45. The third-order valence-electron chi connectivity index (χ3n) is 4.30. The van der Waals surface area contributed by atoms with Crippen molar-refractivity contribution in [1.82, 2.24) is 0 Å². The van der Waals surface area contributed by atoms with Crippen molar-refractivity contribution in [1.29, 1.82) is 0 Å². The van der Waals surface area contributed by atoms with Gasteiger partial charge in [0.2, 0.25) is 0 Å². The normalized spacial score (nSPS) is 15.0. The molecule has 31 heavy (non-hydrogen) atoms. The highest BCUT2D eigenvalue weighted by Crippen LogP contribution is 2.37. The van der Waals surface area contributed by atoms with E-state index in [1.54, 1.807) is 36.4 Å². The predicted octanol–water partition coefficient (Wildman–Crippen LogP) is 5.32. The van der Waals surface area contributed by atoms with Gasteiger partial charge >= 0.3 is 16.1 Å². The predicted molar refractivity (Wildman–Crippen MR) is 123 cm³/mol. The smallest absolute Gasteiger partial charge is 0.368 e. The van der Waals surface area contributed by atoms with Gasteiger partial charge in [-0.3, -0.25) is 0 Å². The van der Waals surface area contributed by atoms with E-state index >= 15 is 0 Å². The van der Waals surface area contributed by atoms with Crippen molar-refractivity contribution in [2.24, 2.45) is 5.16 Å². The lowest BCUT2D eigenvalue weighted by Gasteiger charge is -2.11. The summed E-state index contributed by atoms with van der Waals surface area (Å²) in [6, 6.07) is 20.3. The van der Waals surface area contributed by atoms with Crippen LogP contribution in [0.15, 0.2) is 97.4 Å². The molecule has 0 spiro atoms. The minimum absolute atomic E-state index is 0.0393. The number of oxime groups is 1. The Morgan fingerprint density at radius 3 is 2.10 bits per heavy atom. The quantitative estimate of drug-likeness (QED) is 0.239. The van der Waals surface area contributed by atoms with Gasteiger partial charge in [-0.05, 0) is 67.8 Å². The summed E-state index contributed by atoms with van der Waals surface area (Å²) in [4.78, 5) is 17.1. The Kier molecular flexibility index (Phi) is 6.08. The summed E-state index contributed by atoms with van der Waals surface area (Å²) < 4.78 is 31.2. The second-order valence-corrected chi connectivity index (χ2v) is 9.66. The van der Waals surface area contributed by atoms with Crippen LogP contribution in [0.25, 0.3) is 6.08 Å². The summed E-state index contributed by atoms with van der Waals surface area (Å²) in [6.45, 7) is 0. The number of halogens is 2. The van der Waals surface area contributed by atoms with Crippen molar-refractivity contribution >= 4 is 59.7 Å². The summed E-state index contributed by atoms with van der Waals surface area (Å²) in [7, 11) is -4.02. The van der Waals surface area contributed by atoms with E-state index in [-0.39, 0.29) is 16.2 Å². The molecule has 0 fully saturated rings. The van der Waals surface area contributed by atoms with Crippen LogP contribution in [-0.2, 0) is 19.8 Å². The number of benzene rings is 3. The Morgan fingerprint density at radius 1 is 0.903 bits per heavy atom. The molecular formula is C22H13Br2NO5S. The molecule has 0 radical (unpaired) electrons. The molecule has 0 unspecified atom stereocenters. The van der Waals surface area contributed by atoms with Gasteiger partial charge in [0.15, 0.2) is 5.75 Å². The number of hydrogen-bond acceptors (Lipinski definition) is 6. The first-order valence-corrected chi connectivity index (χ1v) is 11.9. The monoisotopic (exact) mass is 561 g/mol. The van der Waals surface area contributed by atoms with Gasteiger partial charge in [0.1, 0.15) is 10.6 Å². The molecule has 1 aliphatic heterocycles. The maximum absolute atomic E-state index is 12.6. The van der Waals surface area contributed by atoms with Crippen molar-refractivity contribution in [3.05, 3.63) is 98.4 Å². The summed E-state index contributed by atoms with van der Waals surface area (Å²) in [6.07, 6.45) is 1.62. The number of carbonyl (C=O) groups is 1. The van der Waals surface area contributed by atoms with Crippen LogP contribution in [0.5, 0.6) is 5.75 Å². The van der Waals surface area contributed by atoms with Crippen LogP contribution in [0.4, 0.5) is 0 Å². The van der Waals surface area contributed by atoms with Crippen molar-refractivity contribution in [2.75, 3.05) is 0 Å². The first-order chi connectivity index (χ1) is 14.8. The van der Waals surface area contributed by atoms with E-state index in [0.717, 1.165) is 5.56 Å². The zero-order valence-corrected chi connectivity index (χ0v) is 19.6. The molecule has 0 N–H and O–H groups in total. The Labute approximate surface area is 195 Å². The summed E-state index contributed by atoms with van der Waals surface area (Å²) in [5.74, 6) is -0.477. The molecule has 0 bridgehead atoms. The molecule has 1 heterocycles. The van der Waals surface area contributed by atoms with Gasteiger partial charge in [0.25, 0.3) is 0 Å². The van der Waals surface area contributed by atoms with Gasteiger partial charge in [-0.2, -0.15) is 8.42 Å². The fourth-order valence-electron chi connectivity index (χ4n) is 2.87. The largest absolute Gasteiger partial charge is 0.377 e. The second kappa shape index (κ2) is 8.78. The topological polar surface area (TPSA) is 82.0 Å². The third-order valence-corrected chi connectivity index (χ3v) is 6.71. The Balaban J connectivity index is 1.68. The van der Waals surface area contributed by atoms with Crippen LogP contribution in [0.3, 0.4) is 0 Å². The highest BCUT2D eigenvalue weighted by molar-refractivity contribution is 9.11. The highest BCUT2D eigenvalue weighted by Gasteiger charge is 2.27. The number of hydrogen-bond donors (Lipinski definition) is 0. The first kappa shape index (κ1) is 21.5. The molecule has 3 aromatic rings. The maximum Gasteiger partial charge on any atom is 0.368 e. The fraction of sp³-hybridized carbons (Fsp3) is 0. The Bertz CT molecular complexity index is 1300. The van der Waals surface area contributed by atoms with E-state index < -0.39 is 16.1 Å². The molecule has 4 rings (SSSR count). The van der Waals surface area contributed by atoms with Crippen LogP contribution in [0, 0.1) is 0 Å². The van der Waals surface area contributed by atoms with E-state index in [0.29, 0.717) is 20.2 Å². The summed E-state index contributed by atoms with van der Waals surface area (Å²) in [5.41, 5.74) is 2.06. The second-order valence-electron chi connectivity index (χ2n) is 6.41. The van der Waals surface area contributed by atoms with Gasteiger partial charge in [0.05, 0.1) is 14.5 Å². The van der Waals surface area contributed by atoms with Gasteiger partial charge in [0, 0.05) is 5.56 Å². The maximum atomic E-state index is 12.6. The van der Waals surface area contributed by atoms with Crippen LogP contribution >= 0.6 is 31.9 Å². The van der Waals surface area contributed by atoms with Crippen molar-refractivity contribution in [3.63, 3.8) is 0 Å². The van der Waals surface area contributed by atoms with Crippen LogP contribution < -0.4 is 4.18 Å². The van der Waals surface area contributed by atoms with Gasteiger partial charge < -0.3 is 9.02 Å². The van der Waals surface area contributed by atoms with Crippen molar-refractivity contribution in [3.8, 4) is 5.75 Å². The van der Waals surface area contributed by atoms with Crippen LogP contribution in [-0.4, -0.2) is 20.1 Å². The number of nitrogens with zero attached hydrogens (tertiary/aromatic N) is 1. The highest BCUT2D eigenvalue weighted by atomic mass is 79.9. The zero-order chi connectivity index (χ0) is 22.0. The molecule has 0 aliphatic carbocycles. The molecule has 0 amide bonds. The minimum Gasteiger partial charge on any atom is -0.377 e.